The molecule has 2 N–H and O–H groups in total. The summed E-state index contributed by atoms with van der Waals surface area (Å²) >= 11 is 1.89. The van der Waals surface area contributed by atoms with Gasteiger partial charge in [-0.2, -0.15) is 4.79 Å². The fraction of sp³-hybridized carbons (Fsp3) is 0.462. The van der Waals surface area contributed by atoms with Crippen LogP contribution in [-0.4, -0.2) is 29.5 Å². The van der Waals surface area contributed by atoms with Gasteiger partial charge in [0.05, 0.1) is 13.1 Å². The Bertz CT molecular complexity index is 406. The van der Waals surface area contributed by atoms with Crippen LogP contribution in [0, 0.1) is 6.92 Å². The molecule has 0 atom stereocenters. The van der Waals surface area contributed by atoms with Crippen LogP contribution in [0.25, 0.3) is 0 Å². The van der Waals surface area contributed by atoms with Gasteiger partial charge in [0.1, 0.15) is 0 Å². The van der Waals surface area contributed by atoms with Crippen molar-refractivity contribution in [2.24, 2.45) is 0 Å². The van der Waals surface area contributed by atoms with Gasteiger partial charge in [-0.1, -0.05) is 17.7 Å². The van der Waals surface area contributed by atoms with Crippen LogP contribution in [0.15, 0.2) is 29.2 Å². The maximum absolute atomic E-state index is 10.8. The van der Waals surface area contributed by atoms with Gasteiger partial charge in [-0.05, 0) is 19.1 Å². The Hall–Kier alpha value is -0.710. The number of halogens is 1. The van der Waals surface area contributed by atoms with Gasteiger partial charge in [0.25, 0.3) is 0 Å². The zero-order chi connectivity index (χ0) is 12.3. The molecule has 1 aromatic carbocycles. The van der Waals surface area contributed by atoms with Crippen molar-refractivity contribution in [3.8, 4) is 0 Å². The van der Waals surface area contributed by atoms with Gasteiger partial charge in [0.15, 0.2) is 0 Å². The third-order valence-corrected chi connectivity index (χ3v) is 4.46. The molecule has 0 unspecified atom stereocenters. The smallest absolute Gasteiger partial charge is 0.511 e. The van der Waals surface area contributed by atoms with Crippen LogP contribution in [0.5, 0.6) is 0 Å². The van der Waals surface area contributed by atoms with Crippen LogP contribution in [0.3, 0.4) is 0 Å². The molecule has 0 aliphatic carbocycles. The molecule has 5 heteroatoms. The Morgan fingerprint density at radius 2 is 2.06 bits per heavy atom. The highest BCUT2D eigenvalue weighted by Crippen LogP contribution is 2.28. The normalized spacial score (nSPS) is 23.2. The molecule has 1 fully saturated rings. The van der Waals surface area contributed by atoms with E-state index in [1.54, 1.807) is 0 Å². The summed E-state index contributed by atoms with van der Waals surface area (Å²) in [4.78, 5) is 12.8. The molecule has 1 amide bonds. The van der Waals surface area contributed by atoms with Crippen molar-refractivity contribution in [1.82, 2.24) is 0 Å². The van der Waals surface area contributed by atoms with E-state index in [1.807, 2.05) is 11.8 Å². The number of carbonyl (C=O) groups is 1. The van der Waals surface area contributed by atoms with E-state index in [4.69, 9.17) is 5.11 Å². The highest BCUT2D eigenvalue weighted by molar-refractivity contribution is 8.00. The lowest BCUT2D eigenvalue weighted by Gasteiger charge is -2.25. The Balaban J connectivity index is 0.00000162. The average Bonchev–Trinajstić information content (AvgIpc) is 2.29. The van der Waals surface area contributed by atoms with Gasteiger partial charge < -0.3 is 17.5 Å². The van der Waals surface area contributed by atoms with Gasteiger partial charge in [0.2, 0.25) is 0 Å². The first-order valence-corrected chi connectivity index (χ1v) is 6.84. The fourth-order valence-electron chi connectivity index (χ4n) is 2.15. The first kappa shape index (κ1) is 15.3. The summed E-state index contributed by atoms with van der Waals surface area (Å²) in [6.07, 6.45) is 1.27. The third kappa shape index (κ3) is 4.19. The number of hydrogen-bond donors (Lipinski definition) is 2. The molecule has 0 spiro atoms. The lowest BCUT2D eigenvalue weighted by atomic mass is 10.1. The van der Waals surface area contributed by atoms with E-state index in [-0.39, 0.29) is 12.4 Å². The second-order valence-electron chi connectivity index (χ2n) is 4.54. The third-order valence-electron chi connectivity index (χ3n) is 3.13. The van der Waals surface area contributed by atoms with Crippen molar-refractivity contribution < 1.29 is 27.2 Å². The van der Waals surface area contributed by atoms with E-state index in [0.29, 0.717) is 10.1 Å². The zero-order valence-electron chi connectivity index (χ0n) is 10.4. The predicted molar refractivity (Wildman–Crippen MR) is 68.8 cm³/mol. The molecule has 18 heavy (non-hydrogen) atoms. The van der Waals surface area contributed by atoms with E-state index in [0.717, 1.165) is 25.9 Å². The maximum Gasteiger partial charge on any atom is 0.511 e. The standard InChI is InChI=1S/C13H17NO2S.ClH/c1-10-3-2-4-12(9-10)17-11-5-7-14(8-6-11)13(15)16;/h2-4,9,11H,5-8H2,1H3,(H,15,16);1H. The zero-order valence-corrected chi connectivity index (χ0v) is 11.9. The molecule has 2 rings (SSSR count). The molecule has 1 aliphatic heterocycles. The number of aryl methyl sites for hydroxylation is 1. The highest BCUT2D eigenvalue weighted by atomic mass is 35.5. The van der Waals surface area contributed by atoms with E-state index in [9.17, 15) is 4.79 Å². The van der Waals surface area contributed by atoms with Crippen molar-refractivity contribution in [3.63, 3.8) is 0 Å². The first-order valence-electron chi connectivity index (χ1n) is 5.96. The molecule has 0 aromatic heterocycles. The number of amides is 1. The van der Waals surface area contributed by atoms with Crippen molar-refractivity contribution in [2.45, 2.75) is 29.9 Å². The number of quaternary nitrogens is 1. The first-order chi connectivity index (χ1) is 8.15. The summed E-state index contributed by atoms with van der Waals surface area (Å²) in [5.74, 6) is 0. The number of benzene rings is 1. The molecular weight excluding hydrogens is 270 g/mol. The van der Waals surface area contributed by atoms with Crippen LogP contribution >= 0.6 is 11.8 Å². The minimum atomic E-state index is -0.705. The summed E-state index contributed by atoms with van der Waals surface area (Å²) in [5.41, 5.74) is 1.28. The van der Waals surface area contributed by atoms with E-state index in [2.05, 4.69) is 31.2 Å². The van der Waals surface area contributed by atoms with Gasteiger partial charge >= 0.3 is 6.09 Å². The molecule has 1 heterocycles. The van der Waals surface area contributed by atoms with E-state index >= 15 is 0 Å². The molecular formula is C13H18ClNO2S. The Morgan fingerprint density at radius 1 is 1.39 bits per heavy atom. The van der Waals surface area contributed by atoms with E-state index < -0.39 is 6.09 Å². The summed E-state index contributed by atoms with van der Waals surface area (Å²) in [7, 11) is 0. The number of rotatable bonds is 2. The van der Waals surface area contributed by atoms with Crippen LogP contribution < -0.4 is 17.3 Å². The van der Waals surface area contributed by atoms with Crippen molar-refractivity contribution in [3.05, 3.63) is 29.8 Å². The van der Waals surface area contributed by atoms with Gasteiger partial charge in [-0.3, -0.25) is 0 Å². The quantitative estimate of drug-likeness (QED) is 0.719. The molecule has 1 aromatic rings. The molecule has 1 saturated heterocycles. The van der Waals surface area contributed by atoms with Crippen molar-refractivity contribution in [1.29, 1.82) is 0 Å². The molecule has 0 bridgehead atoms. The molecule has 1 aliphatic rings. The number of piperidine rings is 1. The summed E-state index contributed by atoms with van der Waals surface area (Å²) in [6, 6.07) is 8.51. The minimum Gasteiger partial charge on any atom is -1.00 e. The minimum absolute atomic E-state index is 0. The van der Waals surface area contributed by atoms with Crippen LogP contribution in [0.4, 0.5) is 4.79 Å². The van der Waals surface area contributed by atoms with Gasteiger partial charge in [-0.15, -0.1) is 11.8 Å². The van der Waals surface area contributed by atoms with Gasteiger partial charge in [-0.25, -0.2) is 4.90 Å². The lowest BCUT2D eigenvalue weighted by molar-refractivity contribution is -0.828. The largest absolute Gasteiger partial charge is 1.00 e. The number of likely N-dealkylation sites (tertiary alicyclic amines) is 1. The van der Waals surface area contributed by atoms with Crippen LogP contribution in [0.2, 0.25) is 0 Å². The Morgan fingerprint density at radius 3 is 2.61 bits per heavy atom. The fourth-order valence-corrected chi connectivity index (χ4v) is 3.42. The van der Waals surface area contributed by atoms with Crippen LogP contribution in [-0.2, 0) is 0 Å². The topological polar surface area (TPSA) is 41.7 Å². The summed E-state index contributed by atoms with van der Waals surface area (Å²) in [6.45, 7) is 3.60. The SMILES string of the molecule is Cc1cccc(SC2CC[NH+](C(=O)O)CC2)c1.[Cl-]. The lowest BCUT2D eigenvalue weighted by Crippen LogP contribution is -3.15. The Kier molecular flexibility index (Phi) is 5.99. The highest BCUT2D eigenvalue weighted by Gasteiger charge is 2.27. The summed E-state index contributed by atoms with van der Waals surface area (Å²) < 4.78 is 0. The number of thioether (sulfide) groups is 1. The predicted octanol–water partition coefficient (Wildman–Crippen LogP) is -1.18. The van der Waals surface area contributed by atoms with Crippen molar-refractivity contribution >= 4 is 17.9 Å². The van der Waals surface area contributed by atoms with Crippen molar-refractivity contribution in [2.75, 3.05) is 13.1 Å². The monoisotopic (exact) mass is 287 g/mol. The second-order valence-corrected chi connectivity index (χ2v) is 5.92. The number of carboxylic acid groups (broad SMARTS) is 1. The number of nitrogens with one attached hydrogen (secondary N) is 1. The summed E-state index contributed by atoms with van der Waals surface area (Å²) in [5, 5.41) is 9.48. The second kappa shape index (κ2) is 7.02. The van der Waals surface area contributed by atoms with E-state index in [1.165, 1.54) is 10.5 Å². The number of hydrogen-bond acceptors (Lipinski definition) is 2. The molecule has 0 radical (unpaired) electrons. The maximum atomic E-state index is 10.8. The average molecular weight is 288 g/mol. The Labute approximate surface area is 118 Å². The molecule has 0 saturated carbocycles. The van der Waals surface area contributed by atoms with Gasteiger partial charge in [0, 0.05) is 23.0 Å². The molecule has 100 valence electrons. The van der Waals surface area contributed by atoms with Crippen LogP contribution in [0.1, 0.15) is 18.4 Å². The molecule has 3 nitrogen and oxygen atoms in total.